The third kappa shape index (κ3) is 5.89. The zero-order valence-electron chi connectivity index (χ0n) is 18.3. The first-order valence-corrected chi connectivity index (χ1v) is 11.9. The lowest BCUT2D eigenvalue weighted by molar-refractivity contribution is -0.387. The average molecular weight is 602 g/mol. The summed E-state index contributed by atoms with van der Waals surface area (Å²) in [5.74, 6) is -1.39. The Morgan fingerprint density at radius 2 is 1.58 bits per heavy atom. The van der Waals surface area contributed by atoms with Gasteiger partial charge in [-0.15, -0.1) is 0 Å². The number of nitrogens with zero attached hydrogens (tertiary/aromatic N) is 3. The monoisotopic (exact) mass is 602 g/mol. The van der Waals surface area contributed by atoms with Gasteiger partial charge in [0.05, 0.1) is 10.5 Å². The summed E-state index contributed by atoms with van der Waals surface area (Å²) < 4.78 is 28.6. The Labute approximate surface area is 217 Å². The van der Waals surface area contributed by atoms with Gasteiger partial charge in [0, 0.05) is 33.6 Å². The van der Waals surface area contributed by atoms with Crippen LogP contribution in [-0.2, 0) is 4.43 Å². The fraction of sp³-hybridized carbons (Fsp3) is 0.0417. The maximum absolute atomic E-state index is 14.3. The fourth-order valence-electron chi connectivity index (χ4n) is 3.25. The van der Waals surface area contributed by atoms with Gasteiger partial charge in [-0.1, -0.05) is 34.7 Å². The van der Waals surface area contributed by atoms with Crippen LogP contribution >= 0.6 is 22.6 Å². The molecule has 1 aromatic heterocycles. The van der Waals surface area contributed by atoms with Crippen molar-refractivity contribution in [3.63, 3.8) is 0 Å². The molecular formula is C24H17F2IN6O3. The summed E-state index contributed by atoms with van der Waals surface area (Å²) in [4.78, 5) is 30.9. The van der Waals surface area contributed by atoms with E-state index in [0.29, 0.717) is 38.7 Å². The Bertz CT molecular complexity index is 1450. The highest BCUT2D eigenvalue weighted by Gasteiger charge is 2.21. The quantitative estimate of drug-likeness (QED) is 0.0932. The summed E-state index contributed by atoms with van der Waals surface area (Å²) >= 11 is 2.09. The summed E-state index contributed by atoms with van der Waals surface area (Å²) in [6.07, 6.45) is 1.35. The molecule has 4 rings (SSSR count). The van der Waals surface area contributed by atoms with E-state index in [4.69, 9.17) is 0 Å². The first-order chi connectivity index (χ1) is 17.3. The van der Waals surface area contributed by atoms with Crippen molar-refractivity contribution in [2.24, 2.45) is 0 Å². The summed E-state index contributed by atoms with van der Waals surface area (Å²) in [7, 11) is 0. The topological polar surface area (TPSA) is 122 Å². The molecule has 3 aromatic carbocycles. The number of carbonyl (C=O) groups is 1. The number of nitro groups is 1. The second-order valence-electron chi connectivity index (χ2n) is 7.41. The number of halogens is 3. The summed E-state index contributed by atoms with van der Waals surface area (Å²) in [6, 6.07) is 16.3. The van der Waals surface area contributed by atoms with Gasteiger partial charge in [-0.05, 0) is 48.0 Å². The lowest BCUT2D eigenvalue weighted by Crippen LogP contribution is -2.14. The van der Waals surface area contributed by atoms with Gasteiger partial charge >= 0.3 is 5.69 Å². The Morgan fingerprint density at radius 1 is 0.917 bits per heavy atom. The SMILES string of the molecule is O=C(Nc1cccc(Nc2cc(Nc3ccc(F)c(CI)c3)ncn2)c1)c1cccc([N+](=O)[O-])c1F. The number of anilines is 5. The molecule has 0 bridgehead atoms. The smallest absolute Gasteiger partial charge is 0.305 e. The second-order valence-corrected chi connectivity index (χ2v) is 8.17. The standard InChI is InChI=1S/C24H17F2IN6O3/c25-19-8-7-17(9-14(19)12-27)31-22-11-21(28-13-29-22)30-15-3-1-4-16(10-15)32-24(34)18-5-2-6-20(23(18)26)33(35)36/h1-11,13H,12H2,(H,32,34)(H2,28,29,30,31). The van der Waals surface area contributed by atoms with E-state index >= 15 is 0 Å². The van der Waals surface area contributed by atoms with E-state index < -0.39 is 27.9 Å². The molecule has 0 saturated carbocycles. The number of hydrogen-bond acceptors (Lipinski definition) is 7. The predicted octanol–water partition coefficient (Wildman–Crippen LogP) is 6.34. The number of benzene rings is 3. The van der Waals surface area contributed by atoms with E-state index in [2.05, 4.69) is 48.5 Å². The number of alkyl halides is 1. The van der Waals surface area contributed by atoms with Gasteiger partial charge in [0.1, 0.15) is 23.8 Å². The molecule has 0 atom stereocenters. The second kappa shape index (κ2) is 11.0. The molecule has 0 spiro atoms. The molecule has 0 aliphatic rings. The molecule has 3 N–H and O–H groups in total. The van der Waals surface area contributed by atoms with Gasteiger partial charge in [-0.25, -0.2) is 14.4 Å². The van der Waals surface area contributed by atoms with Crippen LogP contribution < -0.4 is 16.0 Å². The van der Waals surface area contributed by atoms with Gasteiger partial charge in [0.25, 0.3) is 5.91 Å². The van der Waals surface area contributed by atoms with Crippen LogP contribution in [0.3, 0.4) is 0 Å². The van der Waals surface area contributed by atoms with Crippen LogP contribution in [0.5, 0.6) is 0 Å². The maximum Gasteiger partial charge on any atom is 0.305 e. The Hall–Kier alpha value is -4.20. The molecule has 1 heterocycles. The lowest BCUT2D eigenvalue weighted by atomic mass is 10.1. The highest BCUT2D eigenvalue weighted by molar-refractivity contribution is 14.1. The minimum Gasteiger partial charge on any atom is -0.340 e. The molecule has 0 unspecified atom stereocenters. The summed E-state index contributed by atoms with van der Waals surface area (Å²) in [5.41, 5.74) is 0.910. The van der Waals surface area contributed by atoms with E-state index in [9.17, 15) is 23.7 Å². The number of rotatable bonds is 8. The lowest BCUT2D eigenvalue weighted by Gasteiger charge is -2.11. The molecule has 12 heteroatoms. The van der Waals surface area contributed by atoms with E-state index in [1.165, 1.54) is 24.5 Å². The third-order valence-corrected chi connectivity index (χ3v) is 5.76. The number of carbonyl (C=O) groups excluding carboxylic acids is 1. The number of nitro benzene ring substituents is 1. The first-order valence-electron chi connectivity index (χ1n) is 10.4. The number of nitrogens with one attached hydrogen (secondary N) is 3. The van der Waals surface area contributed by atoms with Crippen LogP contribution in [0.15, 0.2) is 73.1 Å². The van der Waals surface area contributed by atoms with E-state index in [1.807, 2.05) is 0 Å². The molecule has 0 fully saturated rings. The van der Waals surface area contributed by atoms with E-state index in [-0.39, 0.29) is 5.82 Å². The van der Waals surface area contributed by atoms with Crippen LogP contribution in [0.1, 0.15) is 15.9 Å². The van der Waals surface area contributed by atoms with Crippen molar-refractivity contribution in [2.75, 3.05) is 16.0 Å². The van der Waals surface area contributed by atoms with Gasteiger partial charge in [0.2, 0.25) is 5.82 Å². The molecule has 182 valence electrons. The molecule has 36 heavy (non-hydrogen) atoms. The molecule has 9 nitrogen and oxygen atoms in total. The van der Waals surface area contributed by atoms with Crippen LogP contribution in [0.25, 0.3) is 0 Å². The van der Waals surface area contributed by atoms with Crippen LogP contribution in [0.4, 0.5) is 43.2 Å². The molecule has 1 amide bonds. The molecular weight excluding hydrogens is 585 g/mol. The molecule has 0 saturated heterocycles. The Kier molecular flexibility index (Phi) is 7.63. The van der Waals surface area contributed by atoms with Crippen molar-refractivity contribution in [2.45, 2.75) is 4.43 Å². The van der Waals surface area contributed by atoms with Crippen molar-refractivity contribution < 1.29 is 18.5 Å². The van der Waals surface area contributed by atoms with Gasteiger partial charge in [0.15, 0.2) is 0 Å². The Morgan fingerprint density at radius 3 is 2.28 bits per heavy atom. The van der Waals surface area contributed by atoms with Crippen molar-refractivity contribution in [3.8, 4) is 0 Å². The number of aromatic nitrogens is 2. The summed E-state index contributed by atoms with van der Waals surface area (Å²) in [6.45, 7) is 0. The van der Waals surface area contributed by atoms with Crippen molar-refractivity contribution in [1.82, 2.24) is 9.97 Å². The number of hydrogen-bond donors (Lipinski definition) is 3. The molecule has 0 aliphatic carbocycles. The number of amides is 1. The van der Waals surface area contributed by atoms with E-state index in [0.717, 1.165) is 6.07 Å². The van der Waals surface area contributed by atoms with Crippen molar-refractivity contribution in [1.29, 1.82) is 0 Å². The fourth-order valence-corrected chi connectivity index (χ4v) is 3.84. The molecule has 0 aliphatic heterocycles. The van der Waals surface area contributed by atoms with Crippen LogP contribution in [0, 0.1) is 21.7 Å². The zero-order valence-corrected chi connectivity index (χ0v) is 20.5. The van der Waals surface area contributed by atoms with Gasteiger partial charge < -0.3 is 16.0 Å². The average Bonchev–Trinajstić information content (AvgIpc) is 2.85. The van der Waals surface area contributed by atoms with Gasteiger partial charge in [-0.2, -0.15) is 4.39 Å². The Balaban J connectivity index is 1.47. The zero-order chi connectivity index (χ0) is 25.7. The maximum atomic E-state index is 14.3. The highest BCUT2D eigenvalue weighted by Crippen LogP contribution is 2.25. The molecule has 0 radical (unpaired) electrons. The van der Waals surface area contributed by atoms with Crippen LogP contribution in [0.2, 0.25) is 0 Å². The van der Waals surface area contributed by atoms with E-state index in [1.54, 1.807) is 42.5 Å². The minimum absolute atomic E-state index is 0.278. The van der Waals surface area contributed by atoms with Crippen molar-refractivity contribution >= 4 is 62.9 Å². The largest absolute Gasteiger partial charge is 0.340 e. The first kappa shape index (κ1) is 24.9. The molecule has 4 aromatic rings. The highest BCUT2D eigenvalue weighted by atomic mass is 127. The van der Waals surface area contributed by atoms with Gasteiger partial charge in [-0.3, -0.25) is 14.9 Å². The third-order valence-electron chi connectivity index (χ3n) is 4.94. The summed E-state index contributed by atoms with van der Waals surface area (Å²) in [5, 5.41) is 19.7. The van der Waals surface area contributed by atoms with Crippen molar-refractivity contribution in [3.05, 3.63) is 106 Å². The predicted molar refractivity (Wildman–Crippen MR) is 140 cm³/mol. The minimum atomic E-state index is -1.21. The normalized spacial score (nSPS) is 10.5. The van der Waals surface area contributed by atoms with Crippen LogP contribution in [-0.4, -0.2) is 20.8 Å².